The molecule has 124 valence electrons. The molecule has 5 nitrogen and oxygen atoms in total. The second-order valence-electron chi connectivity index (χ2n) is 6.95. The molecule has 1 fully saturated rings. The number of nitrogens with zero attached hydrogens (tertiary/aromatic N) is 1. The first-order valence-corrected chi connectivity index (χ1v) is 7.39. The van der Waals surface area contributed by atoms with E-state index in [2.05, 4.69) is 32.9 Å². The Morgan fingerprint density at radius 2 is 1.65 bits per heavy atom. The van der Waals surface area contributed by atoms with Crippen LogP contribution in [0.5, 0.6) is 0 Å². The Bertz CT molecular complexity index is 649. The number of carbonyl (C=O) groups excluding carboxylic acids is 2. The highest BCUT2D eigenvalue weighted by Gasteiger charge is 2.66. The number of carbonyl (C=O) groups is 2. The van der Waals surface area contributed by atoms with Gasteiger partial charge in [-0.25, -0.2) is 9.18 Å². The Balaban J connectivity index is 1.92. The lowest BCUT2D eigenvalue weighted by Crippen LogP contribution is -2.30. The van der Waals surface area contributed by atoms with Crippen LogP contribution in [0, 0.1) is 22.6 Å². The first-order valence-electron chi connectivity index (χ1n) is 7.39. The van der Waals surface area contributed by atoms with E-state index in [1.54, 1.807) is 6.92 Å². The molecule has 0 unspecified atom stereocenters. The fraction of sp³-hybridized carbons (Fsp3) is 0.471. The summed E-state index contributed by atoms with van der Waals surface area (Å²) in [6.07, 6.45) is -0.963. The molecule has 1 aliphatic rings. The molecule has 23 heavy (non-hydrogen) atoms. The number of imide groups is 1. The summed E-state index contributed by atoms with van der Waals surface area (Å²) in [4.78, 5) is 28.2. The van der Waals surface area contributed by atoms with Crippen LogP contribution in [-0.2, 0) is 4.84 Å². The minimum absolute atomic E-state index is 0.0876. The van der Waals surface area contributed by atoms with Crippen LogP contribution in [0.1, 0.15) is 45.0 Å². The molecule has 1 aromatic rings. The highest BCUT2D eigenvalue weighted by atomic mass is 19.1. The zero-order chi connectivity index (χ0) is 17.4. The third-order valence-corrected chi connectivity index (χ3v) is 5.03. The van der Waals surface area contributed by atoms with Gasteiger partial charge in [0.05, 0.1) is 5.71 Å². The monoisotopic (exact) mass is 320 g/mol. The third kappa shape index (κ3) is 3.25. The van der Waals surface area contributed by atoms with Crippen molar-refractivity contribution in [3.63, 3.8) is 0 Å². The molecular formula is C17H21FN2O3. The Hall–Kier alpha value is -2.24. The van der Waals surface area contributed by atoms with Crippen molar-refractivity contribution >= 4 is 17.7 Å². The maximum absolute atomic E-state index is 12.8. The van der Waals surface area contributed by atoms with Crippen LogP contribution < -0.4 is 5.32 Å². The summed E-state index contributed by atoms with van der Waals surface area (Å²) in [6.45, 7) is 10.3. The highest BCUT2D eigenvalue weighted by Crippen LogP contribution is 2.68. The van der Waals surface area contributed by atoms with Crippen molar-refractivity contribution in [1.29, 1.82) is 0 Å². The van der Waals surface area contributed by atoms with Crippen LogP contribution in [0.15, 0.2) is 29.4 Å². The van der Waals surface area contributed by atoms with Gasteiger partial charge in [-0.15, -0.1) is 0 Å². The fourth-order valence-electron chi connectivity index (χ4n) is 3.20. The summed E-state index contributed by atoms with van der Waals surface area (Å²) in [6, 6.07) is 4.84. The van der Waals surface area contributed by atoms with Crippen molar-refractivity contribution < 1.29 is 18.8 Å². The first kappa shape index (κ1) is 17.1. The minimum atomic E-state index is -0.963. The lowest BCUT2D eigenvalue weighted by Gasteiger charge is -2.04. The van der Waals surface area contributed by atoms with Crippen LogP contribution in [0.3, 0.4) is 0 Å². The summed E-state index contributed by atoms with van der Waals surface area (Å²) in [5.74, 6) is -0.912. The molecule has 6 heteroatoms. The smallest absolute Gasteiger partial charge is 0.298 e. The largest absolute Gasteiger partial charge is 0.440 e. The van der Waals surface area contributed by atoms with Crippen molar-refractivity contribution in [3.05, 3.63) is 35.6 Å². The van der Waals surface area contributed by atoms with Gasteiger partial charge in [0.25, 0.3) is 5.91 Å². The number of rotatable bonds is 3. The molecule has 0 aromatic heterocycles. The topological polar surface area (TPSA) is 67.8 Å². The second kappa shape index (κ2) is 5.76. The van der Waals surface area contributed by atoms with Gasteiger partial charge in [-0.2, -0.15) is 0 Å². The number of hydrogen-bond acceptors (Lipinski definition) is 4. The predicted molar refractivity (Wildman–Crippen MR) is 84.5 cm³/mol. The standard InChI is InChI=1S/C17H21FN2O3/c1-10(13-16(2,3)17(13,4)5)20-23-15(22)19-14(21)11-6-8-12(18)9-7-11/h6-9,13H,1-5H3,(H,19,21,22)/b20-10-. The Kier molecular flexibility index (Phi) is 4.28. The van der Waals surface area contributed by atoms with Gasteiger partial charge in [-0.3, -0.25) is 14.9 Å². The van der Waals surface area contributed by atoms with Crippen molar-refractivity contribution in [3.8, 4) is 0 Å². The van der Waals surface area contributed by atoms with Crippen molar-refractivity contribution in [2.45, 2.75) is 34.6 Å². The lowest BCUT2D eigenvalue weighted by molar-refractivity contribution is 0.0922. The molecule has 1 N–H and O–H groups in total. The number of benzene rings is 1. The highest BCUT2D eigenvalue weighted by molar-refractivity contribution is 6.03. The molecule has 0 aliphatic heterocycles. The van der Waals surface area contributed by atoms with Gasteiger partial charge < -0.3 is 0 Å². The van der Waals surface area contributed by atoms with Gasteiger partial charge in [-0.05, 0) is 42.0 Å². The maximum atomic E-state index is 12.8. The second-order valence-corrected chi connectivity index (χ2v) is 6.95. The fourth-order valence-corrected chi connectivity index (χ4v) is 3.20. The summed E-state index contributed by atoms with van der Waals surface area (Å²) in [5, 5.41) is 5.87. The quantitative estimate of drug-likeness (QED) is 0.524. The van der Waals surface area contributed by atoms with Crippen LogP contribution in [0.4, 0.5) is 9.18 Å². The Morgan fingerprint density at radius 1 is 1.13 bits per heavy atom. The number of amides is 2. The zero-order valence-corrected chi connectivity index (χ0v) is 13.9. The molecule has 1 aromatic carbocycles. The maximum Gasteiger partial charge on any atom is 0.440 e. The number of hydrogen-bond donors (Lipinski definition) is 1. The normalized spacial score (nSPS) is 19.1. The molecule has 2 rings (SSSR count). The minimum Gasteiger partial charge on any atom is -0.298 e. The van der Waals surface area contributed by atoms with Crippen molar-refractivity contribution in [1.82, 2.24) is 5.32 Å². The summed E-state index contributed by atoms with van der Waals surface area (Å²) in [7, 11) is 0. The van der Waals surface area contributed by atoms with Gasteiger partial charge in [0.2, 0.25) is 0 Å². The van der Waals surface area contributed by atoms with Crippen LogP contribution in [0.25, 0.3) is 0 Å². The van der Waals surface area contributed by atoms with Gasteiger partial charge in [0.1, 0.15) is 5.82 Å². The molecule has 0 spiro atoms. The van der Waals surface area contributed by atoms with Gasteiger partial charge in [-0.1, -0.05) is 32.9 Å². The van der Waals surface area contributed by atoms with Crippen molar-refractivity contribution in [2.75, 3.05) is 0 Å². The lowest BCUT2D eigenvalue weighted by atomic mass is 10.0. The number of oxime groups is 1. The molecule has 0 radical (unpaired) electrons. The van der Waals surface area contributed by atoms with E-state index in [-0.39, 0.29) is 22.3 Å². The summed E-state index contributed by atoms with van der Waals surface area (Å²) in [5.41, 5.74) is 1.05. The molecule has 0 saturated heterocycles. The Labute approximate surface area is 134 Å². The average molecular weight is 320 g/mol. The third-order valence-electron chi connectivity index (χ3n) is 5.03. The first-order chi connectivity index (χ1) is 10.6. The predicted octanol–water partition coefficient (Wildman–Crippen LogP) is 3.75. The molecule has 0 bridgehead atoms. The average Bonchev–Trinajstić information content (AvgIpc) is 2.86. The Morgan fingerprint density at radius 3 is 2.13 bits per heavy atom. The molecule has 1 aliphatic carbocycles. The van der Waals surface area contributed by atoms with Gasteiger partial charge in [0.15, 0.2) is 0 Å². The SMILES string of the molecule is C/C(=N/OC(=O)NC(=O)c1ccc(F)cc1)C1C(C)(C)C1(C)C. The molecule has 2 amide bonds. The van der Waals surface area contributed by atoms with Crippen molar-refractivity contribution in [2.24, 2.45) is 21.9 Å². The molecule has 1 saturated carbocycles. The van der Waals surface area contributed by atoms with E-state index in [0.717, 1.165) is 12.1 Å². The zero-order valence-electron chi connectivity index (χ0n) is 13.9. The van der Waals surface area contributed by atoms with Crippen LogP contribution >= 0.6 is 0 Å². The summed E-state index contributed by atoms with van der Waals surface area (Å²) >= 11 is 0. The summed E-state index contributed by atoms with van der Waals surface area (Å²) < 4.78 is 12.8. The molecule has 0 heterocycles. The van der Waals surface area contributed by atoms with E-state index >= 15 is 0 Å². The molecular weight excluding hydrogens is 299 g/mol. The van der Waals surface area contributed by atoms with E-state index in [0.29, 0.717) is 5.71 Å². The van der Waals surface area contributed by atoms with Gasteiger partial charge in [0, 0.05) is 11.5 Å². The van der Waals surface area contributed by atoms with E-state index in [1.807, 2.05) is 5.32 Å². The van der Waals surface area contributed by atoms with Crippen LogP contribution in [0.2, 0.25) is 0 Å². The van der Waals surface area contributed by atoms with E-state index in [9.17, 15) is 14.0 Å². The van der Waals surface area contributed by atoms with E-state index in [4.69, 9.17) is 4.84 Å². The molecule has 0 atom stereocenters. The number of nitrogens with one attached hydrogen (secondary N) is 1. The van der Waals surface area contributed by atoms with Gasteiger partial charge >= 0.3 is 6.09 Å². The number of halogens is 1. The van der Waals surface area contributed by atoms with E-state index in [1.165, 1.54) is 12.1 Å². The van der Waals surface area contributed by atoms with Crippen LogP contribution in [-0.4, -0.2) is 17.7 Å². The van der Waals surface area contributed by atoms with E-state index < -0.39 is 17.8 Å².